The second-order valence-electron chi connectivity index (χ2n) is 5.52. The third kappa shape index (κ3) is 5.49. The SMILES string of the molecule is CN(C)C(=O)c1ccc(NC(=O)COC(=O)CN2CCSC2=O)cc1. The van der Waals surface area contributed by atoms with Crippen molar-refractivity contribution in [3.63, 3.8) is 0 Å². The smallest absolute Gasteiger partial charge is 0.326 e. The molecule has 0 aliphatic carbocycles. The van der Waals surface area contributed by atoms with Gasteiger partial charge in [0.15, 0.2) is 6.61 Å². The number of anilines is 1. The van der Waals surface area contributed by atoms with Crippen LogP contribution in [0, 0.1) is 0 Å². The van der Waals surface area contributed by atoms with Gasteiger partial charge >= 0.3 is 5.97 Å². The minimum atomic E-state index is -0.627. The van der Waals surface area contributed by atoms with Gasteiger partial charge in [-0.3, -0.25) is 19.2 Å². The fraction of sp³-hybridized carbons (Fsp3) is 0.375. The molecule has 1 saturated heterocycles. The number of carbonyl (C=O) groups excluding carboxylic acids is 4. The van der Waals surface area contributed by atoms with Gasteiger partial charge < -0.3 is 19.9 Å². The molecule has 0 radical (unpaired) electrons. The summed E-state index contributed by atoms with van der Waals surface area (Å²) in [6, 6.07) is 6.38. The van der Waals surface area contributed by atoms with Crippen molar-refractivity contribution >= 4 is 40.5 Å². The highest BCUT2D eigenvalue weighted by atomic mass is 32.2. The average molecular weight is 365 g/mol. The van der Waals surface area contributed by atoms with Gasteiger partial charge in [0, 0.05) is 37.6 Å². The lowest BCUT2D eigenvalue weighted by molar-refractivity contribution is -0.147. The van der Waals surface area contributed by atoms with Crippen LogP contribution in [-0.4, -0.2) is 72.4 Å². The van der Waals surface area contributed by atoms with Gasteiger partial charge in [-0.05, 0) is 24.3 Å². The highest BCUT2D eigenvalue weighted by Crippen LogP contribution is 2.16. The Morgan fingerprint density at radius 3 is 2.48 bits per heavy atom. The molecule has 8 nitrogen and oxygen atoms in total. The molecule has 0 unspecified atom stereocenters. The summed E-state index contributed by atoms with van der Waals surface area (Å²) < 4.78 is 4.86. The molecule has 134 valence electrons. The minimum Gasteiger partial charge on any atom is -0.454 e. The second-order valence-corrected chi connectivity index (χ2v) is 6.57. The van der Waals surface area contributed by atoms with Gasteiger partial charge in [-0.15, -0.1) is 0 Å². The van der Waals surface area contributed by atoms with Gasteiger partial charge in [0.2, 0.25) is 0 Å². The molecule has 0 spiro atoms. The number of thioether (sulfide) groups is 1. The van der Waals surface area contributed by atoms with Crippen LogP contribution in [0.2, 0.25) is 0 Å². The van der Waals surface area contributed by atoms with Gasteiger partial charge in [0.05, 0.1) is 0 Å². The molecule has 9 heteroatoms. The van der Waals surface area contributed by atoms with Crippen LogP contribution >= 0.6 is 11.8 Å². The number of amides is 3. The summed E-state index contributed by atoms with van der Waals surface area (Å²) in [5.41, 5.74) is 0.991. The summed E-state index contributed by atoms with van der Waals surface area (Å²) in [4.78, 5) is 49.4. The number of nitrogens with zero attached hydrogens (tertiary/aromatic N) is 2. The number of carbonyl (C=O) groups is 4. The lowest BCUT2D eigenvalue weighted by Gasteiger charge is -2.13. The Hall–Kier alpha value is -2.55. The van der Waals surface area contributed by atoms with Crippen molar-refractivity contribution in [2.45, 2.75) is 0 Å². The van der Waals surface area contributed by atoms with Crippen molar-refractivity contribution in [1.29, 1.82) is 0 Å². The third-order valence-corrected chi connectivity index (χ3v) is 4.24. The molecule has 1 fully saturated rings. The summed E-state index contributed by atoms with van der Waals surface area (Å²) in [6.07, 6.45) is 0. The van der Waals surface area contributed by atoms with E-state index in [1.54, 1.807) is 38.4 Å². The van der Waals surface area contributed by atoms with E-state index >= 15 is 0 Å². The van der Waals surface area contributed by atoms with Crippen LogP contribution in [-0.2, 0) is 14.3 Å². The van der Waals surface area contributed by atoms with Crippen molar-refractivity contribution in [1.82, 2.24) is 9.80 Å². The van der Waals surface area contributed by atoms with Crippen molar-refractivity contribution < 1.29 is 23.9 Å². The van der Waals surface area contributed by atoms with Crippen LogP contribution in [0.1, 0.15) is 10.4 Å². The summed E-state index contributed by atoms with van der Waals surface area (Å²) in [7, 11) is 3.31. The topological polar surface area (TPSA) is 96.0 Å². The zero-order valence-corrected chi connectivity index (χ0v) is 14.8. The van der Waals surface area contributed by atoms with Crippen LogP contribution < -0.4 is 5.32 Å². The number of hydrogen-bond donors (Lipinski definition) is 1. The van der Waals surface area contributed by atoms with Crippen LogP contribution in [0.3, 0.4) is 0 Å². The largest absolute Gasteiger partial charge is 0.454 e. The van der Waals surface area contributed by atoms with E-state index in [1.165, 1.54) is 9.80 Å². The van der Waals surface area contributed by atoms with E-state index in [2.05, 4.69) is 5.32 Å². The first kappa shape index (κ1) is 18.8. The van der Waals surface area contributed by atoms with Crippen molar-refractivity contribution in [2.75, 3.05) is 44.9 Å². The maximum absolute atomic E-state index is 11.8. The van der Waals surface area contributed by atoms with E-state index in [9.17, 15) is 19.2 Å². The number of ether oxygens (including phenoxy) is 1. The number of nitrogens with one attached hydrogen (secondary N) is 1. The van der Waals surface area contributed by atoms with Crippen LogP contribution in [0.25, 0.3) is 0 Å². The first-order valence-corrected chi connectivity index (χ1v) is 8.54. The molecule has 1 aromatic rings. The van der Waals surface area contributed by atoms with E-state index in [4.69, 9.17) is 4.74 Å². The van der Waals surface area contributed by atoms with E-state index in [0.717, 1.165) is 11.8 Å². The second kappa shape index (κ2) is 8.52. The Morgan fingerprint density at radius 1 is 1.24 bits per heavy atom. The van der Waals surface area contributed by atoms with Crippen molar-refractivity contribution in [3.8, 4) is 0 Å². The number of hydrogen-bond acceptors (Lipinski definition) is 6. The Morgan fingerprint density at radius 2 is 1.92 bits per heavy atom. The summed E-state index contributed by atoms with van der Waals surface area (Å²) >= 11 is 1.15. The zero-order chi connectivity index (χ0) is 18.4. The number of rotatable bonds is 6. The van der Waals surface area contributed by atoms with E-state index < -0.39 is 18.5 Å². The van der Waals surface area contributed by atoms with Crippen LogP contribution in [0.15, 0.2) is 24.3 Å². The molecule has 1 N–H and O–H groups in total. The molecule has 1 aromatic carbocycles. The van der Waals surface area contributed by atoms with Gasteiger partial charge in [-0.25, -0.2) is 0 Å². The number of esters is 1. The molecule has 1 aliphatic heterocycles. The highest BCUT2D eigenvalue weighted by Gasteiger charge is 2.24. The maximum Gasteiger partial charge on any atom is 0.326 e. The molecule has 0 aromatic heterocycles. The van der Waals surface area contributed by atoms with Crippen LogP contribution in [0.4, 0.5) is 10.5 Å². The lowest BCUT2D eigenvalue weighted by Crippen LogP contribution is -2.32. The molecular weight excluding hydrogens is 346 g/mol. The zero-order valence-electron chi connectivity index (χ0n) is 14.0. The fourth-order valence-corrected chi connectivity index (χ4v) is 2.89. The highest BCUT2D eigenvalue weighted by molar-refractivity contribution is 8.13. The predicted octanol–water partition coefficient (Wildman–Crippen LogP) is 1.04. The van der Waals surface area contributed by atoms with Crippen molar-refractivity contribution in [3.05, 3.63) is 29.8 Å². The monoisotopic (exact) mass is 365 g/mol. The molecule has 0 saturated carbocycles. The average Bonchev–Trinajstić information content (AvgIpc) is 2.98. The molecule has 25 heavy (non-hydrogen) atoms. The molecule has 0 bridgehead atoms. The van der Waals surface area contributed by atoms with Crippen molar-refractivity contribution in [2.24, 2.45) is 0 Å². The normalized spacial score (nSPS) is 13.5. The third-order valence-electron chi connectivity index (χ3n) is 3.35. The quantitative estimate of drug-likeness (QED) is 0.757. The van der Waals surface area contributed by atoms with Gasteiger partial charge in [-0.1, -0.05) is 11.8 Å². The Labute approximate surface area is 149 Å². The van der Waals surface area contributed by atoms with E-state index in [-0.39, 0.29) is 17.7 Å². The van der Waals surface area contributed by atoms with Gasteiger partial charge in [0.1, 0.15) is 6.54 Å². The van der Waals surface area contributed by atoms with Gasteiger partial charge in [0.25, 0.3) is 17.1 Å². The molecule has 1 heterocycles. The summed E-state index contributed by atoms with van der Waals surface area (Å²) in [6.45, 7) is -0.0876. The summed E-state index contributed by atoms with van der Waals surface area (Å²) in [5.74, 6) is -0.611. The Bertz CT molecular complexity index is 675. The maximum atomic E-state index is 11.8. The predicted molar refractivity (Wildman–Crippen MR) is 93.5 cm³/mol. The first-order chi connectivity index (χ1) is 11.9. The lowest BCUT2D eigenvalue weighted by atomic mass is 10.2. The minimum absolute atomic E-state index is 0.138. The Balaban J connectivity index is 1.77. The fourth-order valence-electron chi connectivity index (χ4n) is 2.07. The molecular formula is C16H19N3O5S. The molecule has 0 atom stereocenters. The van der Waals surface area contributed by atoms with Crippen LogP contribution in [0.5, 0.6) is 0 Å². The summed E-state index contributed by atoms with van der Waals surface area (Å²) in [5, 5.41) is 2.41. The Kier molecular flexibility index (Phi) is 6.40. The first-order valence-electron chi connectivity index (χ1n) is 7.55. The van der Waals surface area contributed by atoms with E-state index in [0.29, 0.717) is 23.5 Å². The van der Waals surface area contributed by atoms with Gasteiger partial charge in [-0.2, -0.15) is 0 Å². The molecule has 1 aliphatic rings. The van der Waals surface area contributed by atoms with E-state index in [1.807, 2.05) is 0 Å². The number of benzene rings is 1. The molecule has 2 rings (SSSR count). The molecule has 3 amide bonds. The standard InChI is InChI=1S/C16H19N3O5S/c1-18(2)15(22)11-3-5-12(6-4-11)17-13(20)10-24-14(21)9-19-7-8-25-16(19)23/h3-6H,7-10H2,1-2H3,(H,17,20).